The molecule has 2 aromatic rings. The van der Waals surface area contributed by atoms with Gasteiger partial charge in [-0.25, -0.2) is 0 Å². The summed E-state index contributed by atoms with van der Waals surface area (Å²) in [5.74, 6) is 0.195. The number of hydrogen-bond acceptors (Lipinski definition) is 3. The first kappa shape index (κ1) is 15.4. The molecule has 1 atom stereocenters. The lowest BCUT2D eigenvalue weighted by molar-refractivity contribution is 0.316. The lowest BCUT2D eigenvalue weighted by Crippen LogP contribution is -2.21. The van der Waals surface area contributed by atoms with Crippen LogP contribution >= 0.6 is 15.9 Å². The molecule has 0 spiro atoms. The molecule has 5 heteroatoms. The average Bonchev–Trinajstić information content (AvgIpc) is 2.51. The Labute approximate surface area is 132 Å². The molecule has 110 valence electrons. The molecule has 0 saturated carbocycles. The van der Waals surface area contributed by atoms with Gasteiger partial charge in [-0.2, -0.15) is 0 Å². The summed E-state index contributed by atoms with van der Waals surface area (Å²) in [7, 11) is 0. The van der Waals surface area contributed by atoms with E-state index < -0.39 is 0 Å². The van der Waals surface area contributed by atoms with Crippen LogP contribution in [0.1, 0.15) is 23.6 Å². The van der Waals surface area contributed by atoms with Crippen LogP contribution in [-0.2, 0) is 0 Å². The molecule has 0 radical (unpaired) electrons. The van der Waals surface area contributed by atoms with Crippen molar-refractivity contribution in [1.29, 1.82) is 0 Å². The number of halogens is 1. The summed E-state index contributed by atoms with van der Waals surface area (Å²) in [4.78, 5) is 0. The fourth-order valence-electron chi connectivity index (χ4n) is 2.12. The first-order chi connectivity index (χ1) is 10.1. The molecule has 0 bridgehead atoms. The molecular weight excluding hydrogens is 330 g/mol. The zero-order valence-electron chi connectivity index (χ0n) is 11.8. The molecule has 2 rings (SSSR count). The van der Waals surface area contributed by atoms with Crippen LogP contribution in [0.4, 0.5) is 5.69 Å². The first-order valence-electron chi connectivity index (χ1n) is 6.64. The van der Waals surface area contributed by atoms with Gasteiger partial charge in [0.2, 0.25) is 0 Å². The van der Waals surface area contributed by atoms with Crippen LogP contribution < -0.4 is 11.1 Å². The van der Waals surface area contributed by atoms with Crippen molar-refractivity contribution in [2.75, 3.05) is 5.32 Å². The van der Waals surface area contributed by atoms with E-state index >= 15 is 0 Å². The van der Waals surface area contributed by atoms with E-state index in [0.29, 0.717) is 6.42 Å². The van der Waals surface area contributed by atoms with Gasteiger partial charge in [-0.3, -0.25) is 0 Å². The van der Waals surface area contributed by atoms with Crippen LogP contribution in [0, 0.1) is 6.92 Å². The van der Waals surface area contributed by atoms with E-state index in [4.69, 9.17) is 10.9 Å². The molecule has 0 aliphatic heterocycles. The maximum absolute atomic E-state index is 8.82. The van der Waals surface area contributed by atoms with E-state index in [0.717, 1.165) is 21.3 Å². The van der Waals surface area contributed by atoms with E-state index in [9.17, 15) is 0 Å². The number of amidine groups is 1. The lowest BCUT2D eigenvalue weighted by Gasteiger charge is -2.21. The Morgan fingerprint density at radius 1 is 1.29 bits per heavy atom. The van der Waals surface area contributed by atoms with E-state index in [1.807, 2.05) is 49.4 Å². The van der Waals surface area contributed by atoms with Crippen LogP contribution in [0.25, 0.3) is 0 Å². The summed E-state index contributed by atoms with van der Waals surface area (Å²) in [5, 5.41) is 15.4. The van der Waals surface area contributed by atoms with Crippen molar-refractivity contribution in [3.8, 4) is 0 Å². The Morgan fingerprint density at radius 2 is 2.00 bits per heavy atom. The molecule has 4 nitrogen and oxygen atoms in total. The van der Waals surface area contributed by atoms with Gasteiger partial charge in [-0.05, 0) is 46.1 Å². The standard InChI is InChI=1S/C16H18BrN3O/c1-11-7-8-13(17)15(9-11)19-14(10-16(18)20-21)12-5-3-2-4-6-12/h2-9,14,19,21H,10H2,1H3,(H2,18,20). The summed E-state index contributed by atoms with van der Waals surface area (Å²) in [5.41, 5.74) is 8.91. The molecule has 0 amide bonds. The normalized spacial score (nSPS) is 13.0. The Morgan fingerprint density at radius 3 is 2.67 bits per heavy atom. The summed E-state index contributed by atoms with van der Waals surface area (Å²) in [6.07, 6.45) is 0.418. The minimum Gasteiger partial charge on any atom is -0.409 e. The van der Waals surface area contributed by atoms with E-state index in [2.05, 4.69) is 32.5 Å². The van der Waals surface area contributed by atoms with Gasteiger partial charge in [0.25, 0.3) is 0 Å². The molecule has 1 unspecified atom stereocenters. The number of nitrogens with one attached hydrogen (secondary N) is 1. The highest BCUT2D eigenvalue weighted by Crippen LogP contribution is 2.29. The average molecular weight is 348 g/mol. The SMILES string of the molecule is Cc1ccc(Br)c(NC(C/C(N)=N/O)c2ccccc2)c1. The molecule has 4 N–H and O–H groups in total. The summed E-state index contributed by atoms with van der Waals surface area (Å²) in [6, 6.07) is 16.0. The second-order valence-electron chi connectivity index (χ2n) is 4.89. The van der Waals surface area contributed by atoms with Gasteiger partial charge in [0, 0.05) is 16.6 Å². The second kappa shape index (κ2) is 7.13. The fraction of sp³-hybridized carbons (Fsp3) is 0.188. The molecule has 0 aliphatic carbocycles. The molecule has 0 saturated heterocycles. The third-order valence-corrected chi connectivity index (χ3v) is 3.89. The van der Waals surface area contributed by atoms with Gasteiger partial charge >= 0.3 is 0 Å². The minimum atomic E-state index is -0.0693. The number of hydrogen-bond donors (Lipinski definition) is 3. The highest BCUT2D eigenvalue weighted by Gasteiger charge is 2.15. The lowest BCUT2D eigenvalue weighted by atomic mass is 10.0. The number of benzene rings is 2. The van der Waals surface area contributed by atoms with Crippen molar-refractivity contribution in [3.05, 3.63) is 64.1 Å². The highest BCUT2D eigenvalue weighted by atomic mass is 79.9. The van der Waals surface area contributed by atoms with Crippen LogP contribution in [0.2, 0.25) is 0 Å². The molecule has 0 aliphatic rings. The Kier molecular flexibility index (Phi) is 5.22. The Balaban J connectivity index is 2.29. The minimum absolute atomic E-state index is 0.0693. The smallest absolute Gasteiger partial charge is 0.141 e. The van der Waals surface area contributed by atoms with Gasteiger partial charge in [-0.15, -0.1) is 0 Å². The van der Waals surface area contributed by atoms with Crippen LogP contribution in [0.15, 0.2) is 58.2 Å². The Bertz CT molecular complexity index is 629. The quantitative estimate of drug-likeness (QED) is 0.330. The second-order valence-corrected chi connectivity index (χ2v) is 5.74. The zero-order chi connectivity index (χ0) is 15.2. The topological polar surface area (TPSA) is 70.6 Å². The summed E-state index contributed by atoms with van der Waals surface area (Å²) >= 11 is 3.54. The van der Waals surface area contributed by atoms with E-state index in [1.165, 1.54) is 0 Å². The van der Waals surface area contributed by atoms with Crippen molar-refractivity contribution in [2.45, 2.75) is 19.4 Å². The third kappa shape index (κ3) is 4.23. The molecule has 0 heterocycles. The van der Waals surface area contributed by atoms with Crippen molar-refractivity contribution in [1.82, 2.24) is 0 Å². The maximum Gasteiger partial charge on any atom is 0.141 e. The summed E-state index contributed by atoms with van der Waals surface area (Å²) < 4.78 is 0.980. The van der Waals surface area contributed by atoms with Crippen LogP contribution in [-0.4, -0.2) is 11.0 Å². The van der Waals surface area contributed by atoms with Crippen molar-refractivity contribution >= 4 is 27.5 Å². The molecule has 21 heavy (non-hydrogen) atoms. The predicted octanol–water partition coefficient (Wildman–Crippen LogP) is 4.05. The number of anilines is 1. The number of oxime groups is 1. The third-order valence-electron chi connectivity index (χ3n) is 3.20. The van der Waals surface area contributed by atoms with Crippen LogP contribution in [0.3, 0.4) is 0 Å². The van der Waals surface area contributed by atoms with Gasteiger partial charge in [0.15, 0.2) is 0 Å². The predicted molar refractivity (Wildman–Crippen MR) is 89.7 cm³/mol. The van der Waals surface area contributed by atoms with Gasteiger partial charge in [0.1, 0.15) is 5.84 Å². The monoisotopic (exact) mass is 347 g/mol. The van der Waals surface area contributed by atoms with Gasteiger partial charge < -0.3 is 16.3 Å². The number of rotatable bonds is 5. The van der Waals surface area contributed by atoms with Gasteiger partial charge in [0.05, 0.1) is 6.04 Å². The highest BCUT2D eigenvalue weighted by molar-refractivity contribution is 9.10. The fourth-order valence-corrected chi connectivity index (χ4v) is 2.49. The van der Waals surface area contributed by atoms with Crippen molar-refractivity contribution in [3.63, 3.8) is 0 Å². The molecule has 0 fully saturated rings. The summed E-state index contributed by atoms with van der Waals surface area (Å²) in [6.45, 7) is 2.04. The number of aryl methyl sites for hydroxylation is 1. The van der Waals surface area contributed by atoms with E-state index in [-0.39, 0.29) is 11.9 Å². The molecule has 2 aromatic carbocycles. The van der Waals surface area contributed by atoms with Crippen LogP contribution in [0.5, 0.6) is 0 Å². The first-order valence-corrected chi connectivity index (χ1v) is 7.43. The van der Waals surface area contributed by atoms with Crippen molar-refractivity contribution in [2.24, 2.45) is 10.9 Å². The Hall–Kier alpha value is -2.01. The van der Waals surface area contributed by atoms with Gasteiger partial charge in [-0.1, -0.05) is 41.6 Å². The molecular formula is C16H18BrN3O. The maximum atomic E-state index is 8.82. The zero-order valence-corrected chi connectivity index (χ0v) is 13.3. The molecule has 0 aromatic heterocycles. The largest absolute Gasteiger partial charge is 0.409 e. The number of nitrogens with two attached hydrogens (primary N) is 1. The van der Waals surface area contributed by atoms with E-state index in [1.54, 1.807) is 0 Å². The van der Waals surface area contributed by atoms with Crippen molar-refractivity contribution < 1.29 is 5.21 Å². The number of nitrogens with zero attached hydrogens (tertiary/aromatic N) is 1.